The highest BCUT2D eigenvalue weighted by atomic mass is 35.5. The van der Waals surface area contributed by atoms with E-state index in [0.717, 1.165) is 11.1 Å². The Morgan fingerprint density at radius 3 is 2.50 bits per heavy atom. The van der Waals surface area contributed by atoms with Crippen LogP contribution in [0.15, 0.2) is 66.7 Å². The van der Waals surface area contributed by atoms with Crippen LogP contribution in [-0.2, 0) is 22.4 Å². The minimum absolute atomic E-state index is 0.0488. The van der Waals surface area contributed by atoms with Crippen LogP contribution in [0.3, 0.4) is 0 Å². The number of nitrogens with one attached hydrogen (secondary N) is 1. The molecule has 0 aromatic heterocycles. The van der Waals surface area contributed by atoms with Gasteiger partial charge in [0.05, 0.1) is 25.0 Å². The summed E-state index contributed by atoms with van der Waals surface area (Å²) in [6, 6.07) is 19.5. The van der Waals surface area contributed by atoms with Crippen molar-refractivity contribution in [3.63, 3.8) is 0 Å². The van der Waals surface area contributed by atoms with E-state index in [1.165, 1.54) is 25.3 Å². The van der Waals surface area contributed by atoms with E-state index >= 15 is 0 Å². The Morgan fingerprint density at radius 1 is 0.969 bits per heavy atom. The van der Waals surface area contributed by atoms with Crippen molar-refractivity contribution in [1.29, 1.82) is 0 Å². The fraction of sp³-hybridized carbons (Fsp3) is 0.200. The normalized spacial score (nSPS) is 10.4. The number of halogens is 1. The Hall–Kier alpha value is -3.51. The second-order valence-corrected chi connectivity index (χ2v) is 7.54. The fourth-order valence-corrected chi connectivity index (χ4v) is 3.28. The number of benzene rings is 3. The fourth-order valence-electron chi connectivity index (χ4n) is 3.11. The zero-order valence-corrected chi connectivity index (χ0v) is 18.4. The van der Waals surface area contributed by atoms with Gasteiger partial charge in [-0.1, -0.05) is 48.0 Å². The van der Waals surface area contributed by atoms with Crippen LogP contribution < -0.4 is 10.1 Å². The summed E-state index contributed by atoms with van der Waals surface area (Å²) in [5.41, 5.74) is 2.45. The lowest BCUT2D eigenvalue weighted by atomic mass is 10.1. The molecule has 0 spiro atoms. The molecule has 32 heavy (non-hydrogen) atoms. The highest BCUT2D eigenvalue weighted by Gasteiger charge is 2.15. The molecule has 6 nitrogen and oxygen atoms in total. The standard InChI is InChI=1S/C25H24ClNO5/c1-31-24(29)12-8-18-7-11-23(32-14-13-17-5-3-2-4-6-17)21(15-18)27-25(30)20-16-19(26)9-10-22(20)28/h2-7,9-11,15-16,28H,8,12-14H2,1H3,(H,27,30). The summed E-state index contributed by atoms with van der Waals surface area (Å²) >= 11 is 5.97. The first-order valence-electron chi connectivity index (χ1n) is 10.1. The smallest absolute Gasteiger partial charge is 0.305 e. The number of phenols is 1. The lowest BCUT2D eigenvalue weighted by molar-refractivity contribution is -0.140. The summed E-state index contributed by atoms with van der Waals surface area (Å²) in [5.74, 6) is -0.538. The van der Waals surface area contributed by atoms with Gasteiger partial charge in [0.1, 0.15) is 11.5 Å². The first-order chi connectivity index (χ1) is 15.5. The van der Waals surface area contributed by atoms with Crippen LogP contribution >= 0.6 is 11.6 Å². The van der Waals surface area contributed by atoms with E-state index in [1.807, 2.05) is 36.4 Å². The molecular weight excluding hydrogens is 430 g/mol. The lowest BCUT2D eigenvalue weighted by Crippen LogP contribution is -2.14. The van der Waals surface area contributed by atoms with Crippen molar-refractivity contribution in [1.82, 2.24) is 0 Å². The van der Waals surface area contributed by atoms with E-state index < -0.39 is 5.91 Å². The molecule has 0 saturated carbocycles. The summed E-state index contributed by atoms with van der Waals surface area (Å²) in [5, 5.41) is 13.2. The zero-order valence-electron chi connectivity index (χ0n) is 17.6. The summed E-state index contributed by atoms with van der Waals surface area (Å²) in [6.45, 7) is 0.413. The van der Waals surface area contributed by atoms with Crippen LogP contribution in [0.1, 0.15) is 27.9 Å². The molecule has 0 bridgehead atoms. The Labute approximate surface area is 191 Å². The number of hydrogen-bond donors (Lipinski definition) is 2. The number of carbonyl (C=O) groups is 2. The number of aryl methyl sites for hydroxylation is 1. The Balaban J connectivity index is 1.79. The molecule has 0 unspecified atom stereocenters. The van der Waals surface area contributed by atoms with Gasteiger partial charge in [-0.2, -0.15) is 0 Å². The van der Waals surface area contributed by atoms with Crippen LogP contribution in [0, 0.1) is 0 Å². The van der Waals surface area contributed by atoms with Gasteiger partial charge in [-0.25, -0.2) is 0 Å². The number of methoxy groups -OCH3 is 1. The summed E-state index contributed by atoms with van der Waals surface area (Å²) in [4.78, 5) is 24.3. The SMILES string of the molecule is COC(=O)CCc1ccc(OCCc2ccccc2)c(NC(=O)c2cc(Cl)ccc2O)c1. The van der Waals surface area contributed by atoms with Crippen molar-refractivity contribution in [2.24, 2.45) is 0 Å². The van der Waals surface area contributed by atoms with Crippen molar-refractivity contribution in [3.05, 3.63) is 88.4 Å². The first-order valence-corrected chi connectivity index (χ1v) is 10.5. The van der Waals surface area contributed by atoms with Crippen LogP contribution in [0.25, 0.3) is 0 Å². The third-order valence-electron chi connectivity index (χ3n) is 4.83. The molecule has 0 fully saturated rings. The van der Waals surface area contributed by atoms with Crippen molar-refractivity contribution in [3.8, 4) is 11.5 Å². The second kappa shape index (κ2) is 11.2. The molecule has 0 aliphatic rings. The van der Waals surface area contributed by atoms with E-state index in [1.54, 1.807) is 12.1 Å². The largest absolute Gasteiger partial charge is 0.507 e. The number of phenolic OH excluding ortho intramolecular Hbond substituents is 1. The molecule has 0 saturated heterocycles. The highest BCUT2D eigenvalue weighted by molar-refractivity contribution is 6.31. The number of amides is 1. The molecule has 3 rings (SSSR count). The van der Waals surface area contributed by atoms with Crippen LogP contribution in [0.2, 0.25) is 5.02 Å². The molecule has 3 aromatic carbocycles. The quantitative estimate of drug-likeness (QED) is 0.444. The number of anilines is 1. The van der Waals surface area contributed by atoms with Gasteiger partial charge in [-0.15, -0.1) is 0 Å². The van der Waals surface area contributed by atoms with Crippen LogP contribution in [-0.4, -0.2) is 30.7 Å². The van der Waals surface area contributed by atoms with E-state index in [2.05, 4.69) is 5.32 Å². The predicted molar refractivity (Wildman–Crippen MR) is 123 cm³/mol. The molecule has 7 heteroatoms. The molecule has 3 aromatic rings. The molecule has 166 valence electrons. The number of hydrogen-bond acceptors (Lipinski definition) is 5. The first kappa shape index (κ1) is 23.2. The molecule has 0 heterocycles. The average Bonchev–Trinajstić information content (AvgIpc) is 2.80. The maximum atomic E-state index is 12.8. The molecule has 0 aliphatic heterocycles. The minimum atomic E-state index is -0.525. The van der Waals surface area contributed by atoms with Crippen molar-refractivity contribution < 1.29 is 24.2 Å². The number of carbonyl (C=O) groups excluding carboxylic acids is 2. The van der Waals surface area contributed by atoms with Gasteiger partial charge in [0.2, 0.25) is 0 Å². The third-order valence-corrected chi connectivity index (χ3v) is 5.07. The van der Waals surface area contributed by atoms with E-state index in [-0.39, 0.29) is 23.7 Å². The number of rotatable bonds is 9. The summed E-state index contributed by atoms with van der Waals surface area (Å²) in [6.07, 6.45) is 1.36. The van der Waals surface area contributed by atoms with E-state index in [9.17, 15) is 14.7 Å². The molecule has 0 radical (unpaired) electrons. The Morgan fingerprint density at radius 2 is 1.75 bits per heavy atom. The molecule has 0 atom stereocenters. The van der Waals surface area contributed by atoms with E-state index in [0.29, 0.717) is 35.9 Å². The topological polar surface area (TPSA) is 84.9 Å². The monoisotopic (exact) mass is 453 g/mol. The molecular formula is C25H24ClNO5. The van der Waals surface area contributed by atoms with Crippen molar-refractivity contribution >= 4 is 29.2 Å². The van der Waals surface area contributed by atoms with Crippen LogP contribution in [0.5, 0.6) is 11.5 Å². The molecule has 0 aliphatic carbocycles. The number of aromatic hydroxyl groups is 1. The maximum absolute atomic E-state index is 12.8. The van der Waals surface area contributed by atoms with Crippen molar-refractivity contribution in [2.45, 2.75) is 19.3 Å². The predicted octanol–water partition coefficient (Wildman–Crippen LogP) is 5.03. The zero-order chi connectivity index (χ0) is 22.9. The van der Waals surface area contributed by atoms with Gasteiger partial charge in [0.15, 0.2) is 0 Å². The maximum Gasteiger partial charge on any atom is 0.305 e. The van der Waals surface area contributed by atoms with Crippen molar-refractivity contribution in [2.75, 3.05) is 19.0 Å². The van der Waals surface area contributed by atoms with Gasteiger partial charge in [-0.05, 0) is 47.9 Å². The number of esters is 1. The van der Waals surface area contributed by atoms with Gasteiger partial charge >= 0.3 is 5.97 Å². The Kier molecular flexibility index (Phi) is 8.11. The number of ether oxygens (including phenoxy) is 2. The van der Waals surface area contributed by atoms with Gasteiger partial charge < -0.3 is 19.9 Å². The average molecular weight is 454 g/mol. The van der Waals surface area contributed by atoms with Gasteiger partial charge in [0, 0.05) is 17.9 Å². The molecule has 2 N–H and O–H groups in total. The van der Waals surface area contributed by atoms with Crippen LogP contribution in [0.4, 0.5) is 5.69 Å². The minimum Gasteiger partial charge on any atom is -0.507 e. The lowest BCUT2D eigenvalue weighted by Gasteiger charge is -2.15. The third kappa shape index (κ3) is 6.49. The van der Waals surface area contributed by atoms with E-state index in [4.69, 9.17) is 21.1 Å². The molecule has 1 amide bonds. The van der Waals surface area contributed by atoms with Gasteiger partial charge in [0.25, 0.3) is 5.91 Å². The summed E-state index contributed by atoms with van der Waals surface area (Å²) < 4.78 is 10.6. The van der Waals surface area contributed by atoms with Gasteiger partial charge in [-0.3, -0.25) is 9.59 Å². The Bertz CT molecular complexity index is 1080. The highest BCUT2D eigenvalue weighted by Crippen LogP contribution is 2.29. The second-order valence-electron chi connectivity index (χ2n) is 7.11. The summed E-state index contributed by atoms with van der Waals surface area (Å²) in [7, 11) is 1.34.